The Kier molecular flexibility index (Phi) is 3.82. The van der Waals surface area contributed by atoms with Crippen molar-refractivity contribution in [3.8, 4) is 0 Å². The second kappa shape index (κ2) is 4.91. The molecule has 0 saturated carbocycles. The third-order valence-corrected chi connectivity index (χ3v) is 1.96. The molecule has 0 aromatic heterocycles. The van der Waals surface area contributed by atoms with Crippen molar-refractivity contribution in [3.63, 3.8) is 0 Å². The van der Waals surface area contributed by atoms with Gasteiger partial charge in [-0.1, -0.05) is 30.3 Å². The molecule has 0 heterocycles. The molecular formula is C11H14O4. The highest BCUT2D eigenvalue weighted by molar-refractivity contribution is 5.76. The van der Waals surface area contributed by atoms with Crippen molar-refractivity contribution in [2.75, 3.05) is 6.61 Å². The minimum Gasteiger partial charge on any atom is -0.479 e. The molecule has 0 saturated heterocycles. The molecule has 1 aromatic carbocycles. The molecule has 1 aromatic rings. The lowest BCUT2D eigenvalue weighted by molar-refractivity contribution is -0.163. The van der Waals surface area contributed by atoms with Crippen LogP contribution in [-0.2, 0) is 16.1 Å². The average molecular weight is 210 g/mol. The lowest BCUT2D eigenvalue weighted by atomic mass is 10.1. The fraction of sp³-hybridized carbons (Fsp3) is 0.364. The molecule has 1 rings (SSSR count). The molecule has 0 bridgehead atoms. The Bertz CT molecular complexity index is 319. The third-order valence-electron chi connectivity index (χ3n) is 1.96. The van der Waals surface area contributed by atoms with Gasteiger partial charge in [-0.05, 0) is 12.5 Å². The molecular weight excluding hydrogens is 196 g/mol. The monoisotopic (exact) mass is 210 g/mol. The quantitative estimate of drug-likeness (QED) is 0.762. The maximum atomic E-state index is 10.5. The van der Waals surface area contributed by atoms with E-state index in [-0.39, 0.29) is 6.61 Å². The van der Waals surface area contributed by atoms with E-state index in [0.29, 0.717) is 6.61 Å². The summed E-state index contributed by atoms with van der Waals surface area (Å²) in [5.41, 5.74) is -0.881. The van der Waals surface area contributed by atoms with Gasteiger partial charge in [0.05, 0.1) is 13.2 Å². The van der Waals surface area contributed by atoms with E-state index in [1.165, 1.54) is 6.92 Å². The van der Waals surface area contributed by atoms with Gasteiger partial charge in [0, 0.05) is 0 Å². The van der Waals surface area contributed by atoms with Crippen molar-refractivity contribution >= 4 is 5.97 Å². The molecule has 15 heavy (non-hydrogen) atoms. The van der Waals surface area contributed by atoms with Crippen LogP contribution < -0.4 is 0 Å². The first-order valence-electron chi connectivity index (χ1n) is 4.60. The lowest BCUT2D eigenvalue weighted by Crippen LogP contribution is -2.39. The summed E-state index contributed by atoms with van der Waals surface area (Å²) in [6, 6.07) is 9.37. The van der Waals surface area contributed by atoms with E-state index >= 15 is 0 Å². The minimum absolute atomic E-state index is 0.225. The summed E-state index contributed by atoms with van der Waals surface area (Å²) in [7, 11) is 0. The topological polar surface area (TPSA) is 66.8 Å². The van der Waals surface area contributed by atoms with Crippen molar-refractivity contribution in [3.05, 3.63) is 35.9 Å². The smallest absolute Gasteiger partial charge is 0.337 e. The van der Waals surface area contributed by atoms with Gasteiger partial charge in [0.25, 0.3) is 0 Å². The van der Waals surface area contributed by atoms with Crippen molar-refractivity contribution in [1.29, 1.82) is 0 Å². The van der Waals surface area contributed by atoms with Crippen LogP contribution >= 0.6 is 0 Å². The Balaban J connectivity index is 2.37. The predicted octanol–water partition coefficient (Wildman–Crippen LogP) is 1.04. The van der Waals surface area contributed by atoms with Gasteiger partial charge in [-0.3, -0.25) is 0 Å². The van der Waals surface area contributed by atoms with Crippen molar-refractivity contribution in [2.45, 2.75) is 19.1 Å². The predicted molar refractivity (Wildman–Crippen MR) is 54.4 cm³/mol. The zero-order chi connectivity index (χ0) is 11.3. The third kappa shape index (κ3) is 3.69. The van der Waals surface area contributed by atoms with Crippen molar-refractivity contribution in [1.82, 2.24) is 0 Å². The molecule has 2 N–H and O–H groups in total. The minimum atomic E-state index is -1.82. The number of aliphatic hydroxyl groups is 1. The number of hydrogen-bond donors (Lipinski definition) is 2. The Morgan fingerprint density at radius 1 is 1.40 bits per heavy atom. The summed E-state index contributed by atoms with van der Waals surface area (Å²) in [5.74, 6) is -1.28. The van der Waals surface area contributed by atoms with Crippen LogP contribution in [0.25, 0.3) is 0 Å². The second-order valence-electron chi connectivity index (χ2n) is 3.56. The van der Waals surface area contributed by atoms with Gasteiger partial charge in [-0.25, -0.2) is 4.79 Å². The van der Waals surface area contributed by atoms with Crippen LogP contribution in [0.4, 0.5) is 0 Å². The number of carboxylic acid groups (broad SMARTS) is 1. The largest absolute Gasteiger partial charge is 0.479 e. The van der Waals surface area contributed by atoms with Crippen molar-refractivity contribution < 1.29 is 19.7 Å². The van der Waals surface area contributed by atoms with E-state index in [1.807, 2.05) is 30.3 Å². The normalized spacial score (nSPS) is 14.5. The number of ether oxygens (including phenoxy) is 1. The summed E-state index contributed by atoms with van der Waals surface area (Å²) < 4.78 is 5.11. The molecule has 0 radical (unpaired) electrons. The standard InChI is InChI=1S/C11H14O4/c1-11(14,10(12)13)8-15-7-9-5-3-2-4-6-9/h2-6,14H,7-8H2,1H3,(H,12,13). The fourth-order valence-electron chi connectivity index (χ4n) is 1.00. The van der Waals surface area contributed by atoms with E-state index in [4.69, 9.17) is 9.84 Å². The highest BCUT2D eigenvalue weighted by Crippen LogP contribution is 2.07. The molecule has 4 nitrogen and oxygen atoms in total. The number of aliphatic carboxylic acids is 1. The highest BCUT2D eigenvalue weighted by atomic mass is 16.5. The molecule has 0 fully saturated rings. The van der Waals surface area contributed by atoms with Crippen LogP contribution in [0.3, 0.4) is 0 Å². The van der Waals surface area contributed by atoms with Crippen LogP contribution in [0.1, 0.15) is 12.5 Å². The van der Waals surface area contributed by atoms with E-state index in [0.717, 1.165) is 5.56 Å². The number of rotatable bonds is 5. The Morgan fingerprint density at radius 3 is 2.53 bits per heavy atom. The molecule has 0 aliphatic heterocycles. The SMILES string of the molecule is CC(O)(COCc1ccccc1)C(=O)O. The summed E-state index contributed by atoms with van der Waals surface area (Å²) in [5, 5.41) is 18.0. The molecule has 82 valence electrons. The molecule has 0 aliphatic rings. The lowest BCUT2D eigenvalue weighted by Gasteiger charge is -2.17. The Morgan fingerprint density at radius 2 is 2.00 bits per heavy atom. The van der Waals surface area contributed by atoms with Gasteiger partial charge in [0.2, 0.25) is 0 Å². The number of carboxylic acids is 1. The first-order chi connectivity index (χ1) is 7.02. The van der Waals surface area contributed by atoms with Crippen LogP contribution in [0.5, 0.6) is 0 Å². The van der Waals surface area contributed by atoms with Crippen molar-refractivity contribution in [2.24, 2.45) is 0 Å². The maximum absolute atomic E-state index is 10.5. The molecule has 1 atom stereocenters. The van der Waals surface area contributed by atoms with Gasteiger partial charge in [-0.2, -0.15) is 0 Å². The van der Waals surface area contributed by atoms with Crippen LogP contribution in [0.2, 0.25) is 0 Å². The second-order valence-corrected chi connectivity index (χ2v) is 3.56. The first-order valence-corrected chi connectivity index (χ1v) is 4.60. The van der Waals surface area contributed by atoms with Crippen LogP contribution in [-0.4, -0.2) is 28.4 Å². The van der Waals surface area contributed by atoms with Gasteiger partial charge in [-0.15, -0.1) is 0 Å². The molecule has 0 spiro atoms. The fourth-order valence-corrected chi connectivity index (χ4v) is 1.00. The summed E-state index contributed by atoms with van der Waals surface area (Å²) >= 11 is 0. The molecule has 4 heteroatoms. The van der Waals surface area contributed by atoms with Crippen LogP contribution in [0.15, 0.2) is 30.3 Å². The van der Waals surface area contributed by atoms with Gasteiger partial charge in [0.15, 0.2) is 5.60 Å². The van der Waals surface area contributed by atoms with Gasteiger partial charge >= 0.3 is 5.97 Å². The van der Waals surface area contributed by atoms with Gasteiger partial charge < -0.3 is 14.9 Å². The van der Waals surface area contributed by atoms with Crippen LogP contribution in [0, 0.1) is 0 Å². The first kappa shape index (κ1) is 11.7. The average Bonchev–Trinajstić information content (AvgIpc) is 2.19. The van der Waals surface area contributed by atoms with E-state index in [1.54, 1.807) is 0 Å². The molecule has 0 amide bonds. The number of hydrogen-bond acceptors (Lipinski definition) is 3. The highest BCUT2D eigenvalue weighted by Gasteiger charge is 2.29. The van der Waals surface area contributed by atoms with E-state index < -0.39 is 11.6 Å². The Labute approximate surface area is 88.1 Å². The summed E-state index contributed by atoms with van der Waals surface area (Å²) in [6.07, 6.45) is 0. The molecule has 1 unspecified atom stereocenters. The zero-order valence-corrected chi connectivity index (χ0v) is 8.51. The zero-order valence-electron chi connectivity index (χ0n) is 8.51. The van der Waals surface area contributed by atoms with E-state index in [9.17, 15) is 9.90 Å². The number of carbonyl (C=O) groups is 1. The molecule has 0 aliphatic carbocycles. The Hall–Kier alpha value is -1.39. The van der Waals surface area contributed by atoms with Gasteiger partial charge in [0.1, 0.15) is 0 Å². The maximum Gasteiger partial charge on any atom is 0.337 e. The van der Waals surface area contributed by atoms with E-state index in [2.05, 4.69) is 0 Å². The summed E-state index contributed by atoms with van der Waals surface area (Å²) in [6.45, 7) is 1.28. The summed E-state index contributed by atoms with van der Waals surface area (Å²) in [4.78, 5) is 10.5. The number of benzene rings is 1.